The predicted molar refractivity (Wildman–Crippen MR) is 82.0 cm³/mol. The molecule has 9 heteroatoms. The minimum absolute atomic E-state index is 0. The zero-order valence-corrected chi connectivity index (χ0v) is 14.1. The number of furan rings is 1. The summed E-state index contributed by atoms with van der Waals surface area (Å²) in [6.07, 6.45) is 0. The Morgan fingerprint density at radius 1 is 1.43 bits per heavy atom. The van der Waals surface area contributed by atoms with Gasteiger partial charge < -0.3 is 15.5 Å². The van der Waals surface area contributed by atoms with E-state index in [1.807, 2.05) is 20.8 Å². The first-order chi connectivity index (χ1) is 9.16. The van der Waals surface area contributed by atoms with E-state index in [-0.39, 0.29) is 35.7 Å². The van der Waals surface area contributed by atoms with Crippen LogP contribution in [0.3, 0.4) is 0 Å². The van der Waals surface area contributed by atoms with Crippen LogP contribution in [0.5, 0.6) is 0 Å². The van der Waals surface area contributed by atoms with Crippen LogP contribution in [-0.2, 0) is 10.0 Å². The molecule has 1 atom stereocenters. The third-order valence-electron chi connectivity index (χ3n) is 3.44. The SMILES string of the molecule is CNS(=O)(=O)c1ccc(C(=O)NC(C)(CN)C(C)C)o1.Cl. The molecular formula is C12H22ClN3O4S. The zero-order valence-electron chi connectivity index (χ0n) is 12.5. The van der Waals surface area contributed by atoms with E-state index in [2.05, 4.69) is 10.0 Å². The van der Waals surface area contributed by atoms with Crippen molar-refractivity contribution < 1.29 is 17.6 Å². The zero-order chi connectivity index (χ0) is 15.6. The molecule has 122 valence electrons. The summed E-state index contributed by atoms with van der Waals surface area (Å²) < 4.78 is 30.2. The molecule has 0 aromatic carbocycles. The lowest BCUT2D eigenvalue weighted by molar-refractivity contribution is 0.0849. The van der Waals surface area contributed by atoms with Crippen LogP contribution in [0.4, 0.5) is 0 Å². The number of carbonyl (C=O) groups excluding carboxylic acids is 1. The number of amides is 1. The Morgan fingerprint density at radius 2 is 2.00 bits per heavy atom. The van der Waals surface area contributed by atoms with Crippen molar-refractivity contribution in [2.75, 3.05) is 13.6 Å². The summed E-state index contributed by atoms with van der Waals surface area (Å²) in [5.74, 6) is -0.449. The van der Waals surface area contributed by atoms with Gasteiger partial charge in [0, 0.05) is 6.54 Å². The van der Waals surface area contributed by atoms with Crippen molar-refractivity contribution in [2.45, 2.75) is 31.4 Å². The van der Waals surface area contributed by atoms with Crippen molar-refractivity contribution in [1.82, 2.24) is 10.0 Å². The van der Waals surface area contributed by atoms with Crippen LogP contribution in [-0.4, -0.2) is 33.5 Å². The Labute approximate surface area is 131 Å². The largest absolute Gasteiger partial charge is 0.438 e. The van der Waals surface area contributed by atoms with Crippen molar-refractivity contribution in [3.05, 3.63) is 17.9 Å². The molecule has 4 N–H and O–H groups in total. The monoisotopic (exact) mass is 339 g/mol. The molecule has 0 fully saturated rings. The maximum atomic E-state index is 12.1. The van der Waals surface area contributed by atoms with Gasteiger partial charge in [-0.05, 0) is 32.0 Å². The van der Waals surface area contributed by atoms with Crippen molar-refractivity contribution in [3.63, 3.8) is 0 Å². The second kappa shape index (κ2) is 7.26. The summed E-state index contributed by atoms with van der Waals surface area (Å²) in [4.78, 5) is 12.1. The summed E-state index contributed by atoms with van der Waals surface area (Å²) in [6, 6.07) is 2.55. The number of nitrogens with one attached hydrogen (secondary N) is 2. The number of sulfonamides is 1. The smallest absolute Gasteiger partial charge is 0.287 e. The molecule has 0 saturated carbocycles. The lowest BCUT2D eigenvalue weighted by Gasteiger charge is -2.33. The van der Waals surface area contributed by atoms with E-state index in [0.29, 0.717) is 0 Å². The summed E-state index contributed by atoms with van der Waals surface area (Å²) in [7, 11) is -2.43. The fourth-order valence-corrected chi connectivity index (χ4v) is 2.09. The van der Waals surface area contributed by atoms with Crippen LogP contribution in [0.2, 0.25) is 0 Å². The van der Waals surface area contributed by atoms with Crippen LogP contribution in [0.15, 0.2) is 21.6 Å². The van der Waals surface area contributed by atoms with E-state index >= 15 is 0 Å². The normalized spacial score (nSPS) is 14.4. The molecule has 0 aliphatic heterocycles. The molecule has 0 aliphatic carbocycles. The minimum atomic E-state index is -3.70. The van der Waals surface area contributed by atoms with Crippen LogP contribution in [0.1, 0.15) is 31.3 Å². The maximum absolute atomic E-state index is 12.1. The molecule has 1 aromatic rings. The van der Waals surface area contributed by atoms with Gasteiger partial charge in [-0.25, -0.2) is 13.1 Å². The third-order valence-corrected chi connectivity index (χ3v) is 4.72. The Morgan fingerprint density at radius 3 is 2.43 bits per heavy atom. The molecule has 1 amide bonds. The topological polar surface area (TPSA) is 114 Å². The molecule has 0 spiro atoms. The first-order valence-corrected chi connectivity index (χ1v) is 7.70. The van der Waals surface area contributed by atoms with Gasteiger partial charge in [-0.15, -0.1) is 12.4 Å². The van der Waals surface area contributed by atoms with Gasteiger partial charge in [-0.3, -0.25) is 4.79 Å². The molecule has 1 heterocycles. The number of hydrogen-bond acceptors (Lipinski definition) is 5. The molecular weight excluding hydrogens is 318 g/mol. The molecule has 1 unspecified atom stereocenters. The molecule has 1 aromatic heterocycles. The molecule has 0 radical (unpaired) electrons. The first kappa shape index (κ1) is 19.9. The number of nitrogens with two attached hydrogens (primary N) is 1. The van der Waals surface area contributed by atoms with Gasteiger partial charge in [0.2, 0.25) is 5.09 Å². The second-order valence-electron chi connectivity index (χ2n) is 5.06. The minimum Gasteiger partial charge on any atom is -0.438 e. The van der Waals surface area contributed by atoms with E-state index in [1.165, 1.54) is 19.2 Å². The highest BCUT2D eigenvalue weighted by Gasteiger charge is 2.30. The molecule has 7 nitrogen and oxygen atoms in total. The first-order valence-electron chi connectivity index (χ1n) is 6.22. The van der Waals surface area contributed by atoms with Crippen LogP contribution in [0.25, 0.3) is 0 Å². The molecule has 21 heavy (non-hydrogen) atoms. The average Bonchev–Trinajstić information content (AvgIpc) is 2.88. The summed E-state index contributed by atoms with van der Waals surface area (Å²) in [6.45, 7) is 5.96. The van der Waals surface area contributed by atoms with Gasteiger partial charge in [-0.1, -0.05) is 13.8 Å². The third kappa shape index (κ3) is 4.44. The van der Waals surface area contributed by atoms with Crippen molar-refractivity contribution >= 4 is 28.3 Å². The number of hydrogen-bond donors (Lipinski definition) is 3. The van der Waals surface area contributed by atoms with Crippen LogP contribution < -0.4 is 15.8 Å². The van der Waals surface area contributed by atoms with Crippen molar-refractivity contribution in [2.24, 2.45) is 11.7 Å². The summed E-state index contributed by atoms with van der Waals surface area (Å²) in [5, 5.41) is 2.47. The quantitative estimate of drug-likeness (QED) is 0.706. The van der Waals surface area contributed by atoms with Crippen LogP contribution in [0, 0.1) is 5.92 Å². The number of carbonyl (C=O) groups is 1. The highest BCUT2D eigenvalue weighted by molar-refractivity contribution is 7.89. The Bertz CT molecular complexity index is 585. The van der Waals surface area contributed by atoms with Gasteiger partial charge in [-0.2, -0.15) is 0 Å². The van der Waals surface area contributed by atoms with Gasteiger partial charge in [0.15, 0.2) is 5.76 Å². The van der Waals surface area contributed by atoms with E-state index in [9.17, 15) is 13.2 Å². The van der Waals surface area contributed by atoms with Gasteiger partial charge >= 0.3 is 0 Å². The lowest BCUT2D eigenvalue weighted by Crippen LogP contribution is -2.54. The highest BCUT2D eigenvalue weighted by Crippen LogP contribution is 2.18. The van der Waals surface area contributed by atoms with Gasteiger partial charge in [0.25, 0.3) is 15.9 Å². The van der Waals surface area contributed by atoms with Gasteiger partial charge in [0.1, 0.15) is 0 Å². The standard InChI is InChI=1S/C12H21N3O4S.ClH/c1-8(2)12(3,7-13)15-11(16)9-5-6-10(19-9)20(17,18)14-4;/h5-6,8,14H,7,13H2,1-4H3,(H,15,16);1H. The number of halogens is 1. The fourth-order valence-electron chi connectivity index (χ4n) is 1.44. The van der Waals surface area contributed by atoms with Gasteiger partial charge in [0.05, 0.1) is 5.54 Å². The fraction of sp³-hybridized carbons (Fsp3) is 0.583. The van der Waals surface area contributed by atoms with Crippen molar-refractivity contribution in [1.29, 1.82) is 0 Å². The number of rotatable bonds is 6. The summed E-state index contributed by atoms with van der Waals surface area (Å²) >= 11 is 0. The maximum Gasteiger partial charge on any atom is 0.287 e. The predicted octanol–water partition coefficient (Wildman–Crippen LogP) is 0.713. The molecule has 0 saturated heterocycles. The molecule has 0 bridgehead atoms. The highest BCUT2D eigenvalue weighted by atomic mass is 35.5. The van der Waals surface area contributed by atoms with E-state index < -0.39 is 21.5 Å². The van der Waals surface area contributed by atoms with E-state index in [4.69, 9.17) is 10.2 Å². The summed E-state index contributed by atoms with van der Waals surface area (Å²) in [5.41, 5.74) is 5.09. The van der Waals surface area contributed by atoms with Crippen LogP contribution >= 0.6 is 12.4 Å². The van der Waals surface area contributed by atoms with E-state index in [0.717, 1.165) is 0 Å². The Kier molecular flexibility index (Phi) is 6.88. The molecule has 0 aliphatic rings. The Balaban J connectivity index is 0.00000400. The average molecular weight is 340 g/mol. The van der Waals surface area contributed by atoms with E-state index in [1.54, 1.807) is 0 Å². The second-order valence-corrected chi connectivity index (χ2v) is 6.87. The van der Waals surface area contributed by atoms with Crippen molar-refractivity contribution in [3.8, 4) is 0 Å². The lowest BCUT2D eigenvalue weighted by atomic mass is 9.88. The Hall–Kier alpha value is -1.09. The molecule has 1 rings (SSSR count).